The number of amides is 1. The van der Waals surface area contributed by atoms with Crippen LogP contribution in [0.3, 0.4) is 0 Å². The Morgan fingerprint density at radius 1 is 1.12 bits per heavy atom. The van der Waals surface area contributed by atoms with E-state index in [9.17, 15) is 4.79 Å². The molecule has 1 aliphatic rings. The molecule has 0 aromatic rings. The number of hydrogen-bond donors (Lipinski definition) is 2. The van der Waals surface area contributed by atoms with Crippen LogP contribution >= 0.6 is 0 Å². The van der Waals surface area contributed by atoms with E-state index in [4.69, 9.17) is 0 Å². The maximum Gasteiger partial charge on any atom is 0.222 e. The summed E-state index contributed by atoms with van der Waals surface area (Å²) in [4.78, 5) is 11.4. The molecule has 100 valence electrons. The van der Waals surface area contributed by atoms with E-state index in [1.165, 1.54) is 19.3 Å². The third-order valence-corrected chi connectivity index (χ3v) is 3.56. The van der Waals surface area contributed by atoms with E-state index in [1.54, 1.807) is 0 Å². The van der Waals surface area contributed by atoms with Gasteiger partial charge in [0.1, 0.15) is 0 Å². The molecule has 2 N–H and O–H groups in total. The van der Waals surface area contributed by atoms with Gasteiger partial charge in [-0.25, -0.2) is 0 Å². The number of nitrogens with one attached hydrogen (secondary N) is 2. The van der Waals surface area contributed by atoms with Gasteiger partial charge in [0.25, 0.3) is 0 Å². The Kier molecular flexibility index (Phi) is 5.96. The lowest BCUT2D eigenvalue weighted by atomic mass is 9.80. The average molecular weight is 240 g/mol. The Labute approximate surface area is 106 Å². The molecule has 2 unspecified atom stereocenters. The van der Waals surface area contributed by atoms with Crippen molar-refractivity contribution in [1.29, 1.82) is 0 Å². The fourth-order valence-electron chi connectivity index (χ4n) is 2.78. The quantitative estimate of drug-likeness (QED) is 0.723. The van der Waals surface area contributed by atoms with Gasteiger partial charge < -0.3 is 10.6 Å². The molecule has 0 bridgehead atoms. The summed E-state index contributed by atoms with van der Waals surface area (Å²) in [6.07, 6.45) is 3.92. The predicted octanol–water partition coefficient (Wildman–Crippen LogP) is 2.17. The SMILES string of the molecule is CC1CC(C)CC(NCCNC(=O)C(C)C)C1. The van der Waals surface area contributed by atoms with Gasteiger partial charge in [-0.2, -0.15) is 0 Å². The third-order valence-electron chi connectivity index (χ3n) is 3.56. The molecule has 0 heterocycles. The lowest BCUT2D eigenvalue weighted by Gasteiger charge is -2.32. The van der Waals surface area contributed by atoms with Gasteiger partial charge in [0, 0.05) is 25.0 Å². The van der Waals surface area contributed by atoms with E-state index < -0.39 is 0 Å². The highest BCUT2D eigenvalue weighted by Crippen LogP contribution is 2.28. The zero-order valence-electron chi connectivity index (χ0n) is 11.8. The van der Waals surface area contributed by atoms with Crippen LogP contribution < -0.4 is 10.6 Å². The van der Waals surface area contributed by atoms with Gasteiger partial charge in [-0.3, -0.25) is 4.79 Å². The van der Waals surface area contributed by atoms with Gasteiger partial charge in [-0.1, -0.05) is 27.7 Å². The Hall–Kier alpha value is -0.570. The maximum absolute atomic E-state index is 11.4. The lowest BCUT2D eigenvalue weighted by molar-refractivity contribution is -0.123. The third kappa shape index (κ3) is 5.53. The number of carbonyl (C=O) groups is 1. The van der Waals surface area contributed by atoms with Gasteiger partial charge in [-0.05, 0) is 31.1 Å². The fraction of sp³-hybridized carbons (Fsp3) is 0.929. The van der Waals surface area contributed by atoms with Gasteiger partial charge in [0.2, 0.25) is 5.91 Å². The molecule has 0 aromatic heterocycles. The molecule has 0 aliphatic heterocycles. The highest BCUT2D eigenvalue weighted by molar-refractivity contribution is 5.77. The first-order valence-electron chi connectivity index (χ1n) is 7.00. The van der Waals surface area contributed by atoms with Crippen molar-refractivity contribution in [2.75, 3.05) is 13.1 Å². The van der Waals surface area contributed by atoms with Crippen molar-refractivity contribution in [2.45, 2.75) is 53.0 Å². The monoisotopic (exact) mass is 240 g/mol. The van der Waals surface area contributed by atoms with Crippen molar-refractivity contribution >= 4 is 5.91 Å². The Bertz CT molecular complexity index is 230. The highest BCUT2D eigenvalue weighted by atomic mass is 16.1. The minimum Gasteiger partial charge on any atom is -0.355 e. The Morgan fingerprint density at radius 2 is 1.71 bits per heavy atom. The van der Waals surface area contributed by atoms with Gasteiger partial charge in [-0.15, -0.1) is 0 Å². The topological polar surface area (TPSA) is 41.1 Å². The molecule has 1 fully saturated rings. The summed E-state index contributed by atoms with van der Waals surface area (Å²) in [6.45, 7) is 10.2. The maximum atomic E-state index is 11.4. The van der Waals surface area contributed by atoms with Crippen LogP contribution in [0.15, 0.2) is 0 Å². The predicted molar refractivity (Wildman–Crippen MR) is 71.8 cm³/mol. The molecule has 1 saturated carbocycles. The molecular weight excluding hydrogens is 212 g/mol. The van der Waals surface area contributed by atoms with E-state index >= 15 is 0 Å². The van der Waals surface area contributed by atoms with Crippen LogP contribution in [0.25, 0.3) is 0 Å². The highest BCUT2D eigenvalue weighted by Gasteiger charge is 2.23. The summed E-state index contributed by atoms with van der Waals surface area (Å²) in [5.74, 6) is 1.91. The molecule has 1 aliphatic carbocycles. The minimum atomic E-state index is 0.0877. The second-order valence-corrected chi connectivity index (χ2v) is 6.01. The van der Waals surface area contributed by atoms with Crippen molar-refractivity contribution in [3.05, 3.63) is 0 Å². The largest absolute Gasteiger partial charge is 0.355 e. The molecule has 3 nitrogen and oxygen atoms in total. The van der Waals surface area contributed by atoms with E-state index in [-0.39, 0.29) is 11.8 Å². The van der Waals surface area contributed by atoms with Crippen LogP contribution in [-0.2, 0) is 4.79 Å². The van der Waals surface area contributed by atoms with E-state index in [1.807, 2.05) is 13.8 Å². The number of carbonyl (C=O) groups excluding carboxylic acids is 1. The zero-order valence-corrected chi connectivity index (χ0v) is 11.8. The lowest BCUT2D eigenvalue weighted by Crippen LogP contribution is -2.41. The minimum absolute atomic E-state index is 0.0877. The molecule has 1 rings (SSSR count). The molecule has 3 heteroatoms. The Morgan fingerprint density at radius 3 is 2.24 bits per heavy atom. The van der Waals surface area contributed by atoms with Gasteiger partial charge in [0.05, 0.1) is 0 Å². The molecule has 2 atom stereocenters. The molecular formula is C14H28N2O. The van der Waals surface area contributed by atoms with Crippen molar-refractivity contribution in [3.8, 4) is 0 Å². The summed E-state index contributed by atoms with van der Waals surface area (Å²) in [6, 6.07) is 0.643. The standard InChI is InChI=1S/C14H28N2O/c1-10(2)14(17)16-6-5-15-13-8-11(3)7-12(4)9-13/h10-13,15H,5-9H2,1-4H3,(H,16,17). The first-order chi connectivity index (χ1) is 7.99. The first-order valence-corrected chi connectivity index (χ1v) is 7.00. The van der Waals surface area contributed by atoms with E-state index in [0.29, 0.717) is 6.04 Å². The average Bonchev–Trinajstić information content (AvgIpc) is 2.22. The van der Waals surface area contributed by atoms with Crippen LogP contribution in [0.4, 0.5) is 0 Å². The van der Waals surface area contributed by atoms with Crippen LogP contribution in [0.5, 0.6) is 0 Å². The molecule has 1 amide bonds. The van der Waals surface area contributed by atoms with Crippen molar-refractivity contribution in [1.82, 2.24) is 10.6 Å². The number of hydrogen-bond acceptors (Lipinski definition) is 2. The summed E-state index contributed by atoms with van der Waals surface area (Å²) in [5, 5.41) is 6.50. The smallest absolute Gasteiger partial charge is 0.222 e. The van der Waals surface area contributed by atoms with Gasteiger partial charge >= 0.3 is 0 Å². The van der Waals surface area contributed by atoms with Crippen molar-refractivity contribution < 1.29 is 4.79 Å². The summed E-state index contributed by atoms with van der Waals surface area (Å²) < 4.78 is 0. The number of rotatable bonds is 5. The molecule has 0 aromatic carbocycles. The van der Waals surface area contributed by atoms with Crippen molar-refractivity contribution in [2.24, 2.45) is 17.8 Å². The zero-order chi connectivity index (χ0) is 12.8. The van der Waals surface area contributed by atoms with Crippen LogP contribution in [0.1, 0.15) is 47.0 Å². The Balaban J connectivity index is 2.12. The fourth-order valence-corrected chi connectivity index (χ4v) is 2.78. The molecule has 17 heavy (non-hydrogen) atoms. The van der Waals surface area contributed by atoms with Gasteiger partial charge in [0.15, 0.2) is 0 Å². The second kappa shape index (κ2) is 7.00. The van der Waals surface area contributed by atoms with Crippen molar-refractivity contribution in [3.63, 3.8) is 0 Å². The van der Waals surface area contributed by atoms with E-state index in [2.05, 4.69) is 24.5 Å². The molecule has 0 saturated heterocycles. The summed E-state index contributed by atoms with van der Waals surface area (Å²) >= 11 is 0. The normalized spacial score (nSPS) is 29.4. The first kappa shape index (κ1) is 14.5. The molecule has 0 radical (unpaired) electrons. The summed E-state index contributed by atoms with van der Waals surface area (Å²) in [7, 11) is 0. The summed E-state index contributed by atoms with van der Waals surface area (Å²) in [5.41, 5.74) is 0. The second-order valence-electron chi connectivity index (χ2n) is 6.01. The molecule has 0 spiro atoms. The van der Waals surface area contributed by atoms with Crippen LogP contribution in [-0.4, -0.2) is 25.0 Å². The van der Waals surface area contributed by atoms with Crippen LogP contribution in [0.2, 0.25) is 0 Å². The van der Waals surface area contributed by atoms with Crippen LogP contribution in [0, 0.1) is 17.8 Å². The van der Waals surface area contributed by atoms with E-state index in [0.717, 1.165) is 24.9 Å².